The number of guanidine groups is 1. The molecule has 2 fully saturated rings. The molecule has 2 aliphatic rings. The first-order valence-electron chi connectivity index (χ1n) is 10.6. The first-order valence-corrected chi connectivity index (χ1v) is 10.6. The molecule has 1 unspecified atom stereocenters. The normalized spacial score (nSPS) is 23.2. The van der Waals surface area contributed by atoms with Crippen LogP contribution in [0.1, 0.15) is 58.3 Å². The van der Waals surface area contributed by atoms with Crippen molar-refractivity contribution in [2.45, 2.75) is 58.3 Å². The maximum atomic E-state index is 9.45. The molecule has 0 bridgehead atoms. The Morgan fingerprint density at radius 2 is 2.12 bits per heavy atom. The molecule has 2 rings (SSSR count). The topological polar surface area (TPSA) is 75.1 Å². The molecule has 1 aliphatic heterocycles. The van der Waals surface area contributed by atoms with Gasteiger partial charge in [-0.05, 0) is 44.4 Å². The quantitative estimate of drug-likeness (QED) is 0.296. The van der Waals surface area contributed by atoms with Crippen LogP contribution < -0.4 is 10.6 Å². The standard InChI is InChI=1S/C20H39N3O3/c1-2-21-19(22-11-6-13-25-15-18-7-14-26-16-18)23-17-20(10-12-24)8-4-3-5-9-20/h18,24H,2-17H2,1H3,(H2,21,22,23). The van der Waals surface area contributed by atoms with Gasteiger partial charge in [-0.1, -0.05) is 19.3 Å². The van der Waals surface area contributed by atoms with Gasteiger partial charge in [-0.25, -0.2) is 0 Å². The Morgan fingerprint density at radius 1 is 1.27 bits per heavy atom. The number of aliphatic hydroxyl groups is 1. The van der Waals surface area contributed by atoms with Crippen LogP contribution in [-0.2, 0) is 9.47 Å². The minimum absolute atomic E-state index is 0.196. The summed E-state index contributed by atoms with van der Waals surface area (Å²) in [5, 5.41) is 16.2. The summed E-state index contributed by atoms with van der Waals surface area (Å²) in [7, 11) is 0. The van der Waals surface area contributed by atoms with E-state index in [2.05, 4.69) is 17.6 Å². The fraction of sp³-hybridized carbons (Fsp3) is 0.950. The number of hydrogen-bond acceptors (Lipinski definition) is 4. The maximum Gasteiger partial charge on any atom is 0.191 e. The number of aliphatic imine (C=N–C) groups is 1. The van der Waals surface area contributed by atoms with Gasteiger partial charge in [-0.15, -0.1) is 0 Å². The van der Waals surface area contributed by atoms with Gasteiger partial charge in [0.2, 0.25) is 0 Å². The fourth-order valence-corrected chi connectivity index (χ4v) is 3.96. The van der Waals surface area contributed by atoms with Gasteiger partial charge in [0, 0.05) is 45.4 Å². The van der Waals surface area contributed by atoms with Gasteiger partial charge in [0.05, 0.1) is 13.2 Å². The lowest BCUT2D eigenvalue weighted by molar-refractivity contribution is 0.0888. The van der Waals surface area contributed by atoms with Crippen molar-refractivity contribution in [1.82, 2.24) is 10.6 Å². The van der Waals surface area contributed by atoms with Gasteiger partial charge in [0.15, 0.2) is 5.96 Å². The minimum Gasteiger partial charge on any atom is -0.396 e. The number of nitrogens with zero attached hydrogens (tertiary/aromatic N) is 1. The summed E-state index contributed by atoms with van der Waals surface area (Å²) >= 11 is 0. The summed E-state index contributed by atoms with van der Waals surface area (Å²) in [6.45, 7) is 8.21. The van der Waals surface area contributed by atoms with Crippen molar-refractivity contribution in [3.63, 3.8) is 0 Å². The number of rotatable bonds is 11. The molecule has 1 aliphatic carbocycles. The van der Waals surface area contributed by atoms with E-state index in [1.54, 1.807) is 0 Å². The van der Waals surface area contributed by atoms with E-state index >= 15 is 0 Å². The Bertz CT molecular complexity index is 386. The lowest BCUT2D eigenvalue weighted by Crippen LogP contribution is -2.39. The van der Waals surface area contributed by atoms with Gasteiger partial charge in [0.1, 0.15) is 0 Å². The molecule has 1 saturated heterocycles. The summed E-state index contributed by atoms with van der Waals surface area (Å²) < 4.78 is 11.1. The average Bonchev–Trinajstić information content (AvgIpc) is 3.17. The van der Waals surface area contributed by atoms with Crippen molar-refractivity contribution in [3.8, 4) is 0 Å². The number of nitrogens with one attached hydrogen (secondary N) is 2. The van der Waals surface area contributed by atoms with Crippen LogP contribution >= 0.6 is 0 Å². The largest absolute Gasteiger partial charge is 0.396 e. The molecular formula is C20H39N3O3. The molecular weight excluding hydrogens is 330 g/mol. The molecule has 26 heavy (non-hydrogen) atoms. The molecule has 0 aromatic rings. The maximum absolute atomic E-state index is 9.45. The third-order valence-corrected chi connectivity index (χ3v) is 5.61. The van der Waals surface area contributed by atoms with Gasteiger partial charge in [-0.2, -0.15) is 0 Å². The zero-order valence-electron chi connectivity index (χ0n) is 16.6. The molecule has 152 valence electrons. The third-order valence-electron chi connectivity index (χ3n) is 5.61. The van der Waals surface area contributed by atoms with Crippen LogP contribution in [0.5, 0.6) is 0 Å². The highest BCUT2D eigenvalue weighted by atomic mass is 16.5. The Morgan fingerprint density at radius 3 is 2.81 bits per heavy atom. The molecule has 6 nitrogen and oxygen atoms in total. The molecule has 3 N–H and O–H groups in total. The molecule has 1 atom stereocenters. The molecule has 0 spiro atoms. The van der Waals surface area contributed by atoms with Gasteiger partial charge >= 0.3 is 0 Å². The predicted molar refractivity (Wildman–Crippen MR) is 106 cm³/mol. The van der Waals surface area contributed by atoms with Crippen LogP contribution in [0.15, 0.2) is 4.99 Å². The highest BCUT2D eigenvalue weighted by Gasteiger charge is 2.31. The Hall–Kier alpha value is -0.850. The minimum atomic E-state index is 0.196. The number of hydrogen-bond donors (Lipinski definition) is 3. The summed E-state index contributed by atoms with van der Waals surface area (Å²) in [6.07, 6.45) is 9.21. The third kappa shape index (κ3) is 7.80. The molecule has 0 aromatic carbocycles. The monoisotopic (exact) mass is 369 g/mol. The van der Waals surface area contributed by atoms with Crippen LogP contribution in [0.2, 0.25) is 0 Å². The van der Waals surface area contributed by atoms with E-state index in [-0.39, 0.29) is 12.0 Å². The van der Waals surface area contributed by atoms with Crippen molar-refractivity contribution in [2.75, 3.05) is 52.7 Å². The van der Waals surface area contributed by atoms with E-state index in [4.69, 9.17) is 14.5 Å². The molecule has 6 heteroatoms. The van der Waals surface area contributed by atoms with E-state index in [1.807, 2.05) is 0 Å². The van der Waals surface area contributed by atoms with E-state index in [0.29, 0.717) is 5.92 Å². The fourth-order valence-electron chi connectivity index (χ4n) is 3.96. The lowest BCUT2D eigenvalue weighted by atomic mass is 9.72. The Labute approximate surface area is 159 Å². The van der Waals surface area contributed by atoms with Crippen LogP contribution in [0.3, 0.4) is 0 Å². The lowest BCUT2D eigenvalue weighted by Gasteiger charge is -2.35. The molecule has 0 amide bonds. The first-order chi connectivity index (χ1) is 12.8. The summed E-state index contributed by atoms with van der Waals surface area (Å²) in [5.41, 5.74) is 0.196. The summed E-state index contributed by atoms with van der Waals surface area (Å²) in [6, 6.07) is 0. The molecule has 0 aromatic heterocycles. The molecule has 1 saturated carbocycles. The van der Waals surface area contributed by atoms with Crippen LogP contribution in [0.25, 0.3) is 0 Å². The first kappa shape index (κ1) is 21.5. The average molecular weight is 370 g/mol. The summed E-state index contributed by atoms with van der Waals surface area (Å²) in [5.74, 6) is 1.47. The van der Waals surface area contributed by atoms with E-state index in [1.165, 1.54) is 32.1 Å². The van der Waals surface area contributed by atoms with Crippen molar-refractivity contribution < 1.29 is 14.6 Å². The second-order valence-electron chi connectivity index (χ2n) is 7.81. The van der Waals surface area contributed by atoms with Crippen molar-refractivity contribution in [3.05, 3.63) is 0 Å². The van der Waals surface area contributed by atoms with E-state index < -0.39 is 0 Å². The SMILES string of the molecule is CCNC(=NCC1(CCO)CCCCC1)NCCCOCC1CCOC1. The summed E-state index contributed by atoms with van der Waals surface area (Å²) in [4.78, 5) is 4.83. The van der Waals surface area contributed by atoms with E-state index in [0.717, 1.165) is 71.3 Å². The number of ether oxygens (including phenoxy) is 2. The van der Waals surface area contributed by atoms with Gasteiger partial charge in [-0.3, -0.25) is 4.99 Å². The van der Waals surface area contributed by atoms with Crippen molar-refractivity contribution in [1.29, 1.82) is 0 Å². The highest BCUT2D eigenvalue weighted by Crippen LogP contribution is 2.39. The van der Waals surface area contributed by atoms with Crippen molar-refractivity contribution in [2.24, 2.45) is 16.3 Å². The van der Waals surface area contributed by atoms with Crippen LogP contribution in [0.4, 0.5) is 0 Å². The van der Waals surface area contributed by atoms with Gasteiger partial charge < -0.3 is 25.2 Å². The molecule has 0 radical (unpaired) electrons. The Balaban J connectivity index is 1.67. The second kappa shape index (κ2) is 12.5. The second-order valence-corrected chi connectivity index (χ2v) is 7.81. The zero-order valence-corrected chi connectivity index (χ0v) is 16.6. The zero-order chi connectivity index (χ0) is 18.5. The van der Waals surface area contributed by atoms with Gasteiger partial charge in [0.25, 0.3) is 0 Å². The van der Waals surface area contributed by atoms with Crippen molar-refractivity contribution >= 4 is 5.96 Å². The van der Waals surface area contributed by atoms with E-state index in [9.17, 15) is 5.11 Å². The number of aliphatic hydroxyl groups excluding tert-OH is 1. The van der Waals surface area contributed by atoms with Crippen LogP contribution in [-0.4, -0.2) is 63.7 Å². The van der Waals surface area contributed by atoms with Crippen LogP contribution in [0, 0.1) is 11.3 Å². The highest BCUT2D eigenvalue weighted by molar-refractivity contribution is 5.79. The predicted octanol–water partition coefficient (Wildman–Crippen LogP) is 2.32. The Kier molecular flexibility index (Phi) is 10.3. The smallest absolute Gasteiger partial charge is 0.191 e. The molecule has 1 heterocycles.